The van der Waals surface area contributed by atoms with E-state index in [2.05, 4.69) is 4.90 Å². The van der Waals surface area contributed by atoms with E-state index in [1.807, 2.05) is 23.6 Å². The molecule has 2 aliphatic rings. The third kappa shape index (κ3) is 4.70. The van der Waals surface area contributed by atoms with Crippen LogP contribution in [0.4, 0.5) is 0 Å². The number of hydrogen-bond acceptors (Lipinski definition) is 3. The third-order valence-corrected chi connectivity index (χ3v) is 5.10. The number of likely N-dealkylation sites (tertiary alicyclic amines) is 2. The quantitative estimate of drug-likeness (QED) is 0.748. The minimum absolute atomic E-state index is 0.233. The molecule has 0 N–H and O–H groups in total. The number of nitrogens with zero attached hydrogens (tertiary/aromatic N) is 3. The Morgan fingerprint density at radius 3 is 2.14 bits per heavy atom. The van der Waals surface area contributed by atoms with E-state index in [1.54, 1.807) is 0 Å². The van der Waals surface area contributed by atoms with E-state index in [9.17, 15) is 9.59 Å². The van der Waals surface area contributed by atoms with Gasteiger partial charge in [0.15, 0.2) is 0 Å². The van der Waals surface area contributed by atoms with Crippen molar-refractivity contribution in [2.24, 2.45) is 5.92 Å². The topological polar surface area (TPSA) is 43.9 Å². The summed E-state index contributed by atoms with van der Waals surface area (Å²) in [5.74, 6) is 1.08. The summed E-state index contributed by atoms with van der Waals surface area (Å²) in [7, 11) is 0. The second-order valence-electron chi connectivity index (χ2n) is 6.58. The zero-order chi connectivity index (χ0) is 15.9. The smallest absolute Gasteiger partial charge is 0.236 e. The molecular formula is C17H31N3O2. The first-order valence-electron chi connectivity index (χ1n) is 8.92. The van der Waals surface area contributed by atoms with Crippen LogP contribution in [-0.2, 0) is 9.59 Å². The lowest BCUT2D eigenvalue weighted by atomic mass is 9.93. The van der Waals surface area contributed by atoms with Gasteiger partial charge in [-0.3, -0.25) is 14.5 Å². The van der Waals surface area contributed by atoms with Gasteiger partial charge in [-0.25, -0.2) is 0 Å². The second kappa shape index (κ2) is 8.51. The lowest BCUT2D eigenvalue weighted by molar-refractivity contribution is -0.134. The number of carbonyl (C=O) groups excluding carboxylic acids is 2. The molecule has 2 heterocycles. The van der Waals surface area contributed by atoms with Crippen molar-refractivity contribution in [3.8, 4) is 0 Å². The minimum Gasteiger partial charge on any atom is -0.343 e. The number of hydrogen-bond donors (Lipinski definition) is 0. The highest BCUT2D eigenvalue weighted by molar-refractivity contribution is 5.78. The molecule has 2 amide bonds. The molecule has 0 aromatic heterocycles. The Hall–Kier alpha value is -1.10. The maximum Gasteiger partial charge on any atom is 0.236 e. The molecule has 0 atom stereocenters. The molecule has 0 unspecified atom stereocenters. The second-order valence-corrected chi connectivity index (χ2v) is 6.58. The fourth-order valence-electron chi connectivity index (χ4n) is 3.56. The van der Waals surface area contributed by atoms with Gasteiger partial charge in [0.2, 0.25) is 11.8 Å². The molecule has 0 spiro atoms. The summed E-state index contributed by atoms with van der Waals surface area (Å²) in [5.41, 5.74) is 0. The van der Waals surface area contributed by atoms with Gasteiger partial charge in [0.1, 0.15) is 0 Å². The monoisotopic (exact) mass is 309 g/mol. The molecule has 5 nitrogen and oxygen atoms in total. The zero-order valence-electron chi connectivity index (χ0n) is 14.2. The molecule has 0 bridgehead atoms. The van der Waals surface area contributed by atoms with Crippen LogP contribution in [0, 0.1) is 5.92 Å². The van der Waals surface area contributed by atoms with Gasteiger partial charge in [-0.1, -0.05) is 0 Å². The molecule has 2 rings (SSSR count). The first-order valence-corrected chi connectivity index (χ1v) is 8.92. The zero-order valence-corrected chi connectivity index (χ0v) is 14.2. The van der Waals surface area contributed by atoms with Crippen LogP contribution in [0.15, 0.2) is 0 Å². The maximum atomic E-state index is 12.2. The van der Waals surface area contributed by atoms with Crippen molar-refractivity contribution in [2.45, 2.75) is 46.0 Å². The van der Waals surface area contributed by atoms with E-state index in [-0.39, 0.29) is 5.91 Å². The third-order valence-electron chi connectivity index (χ3n) is 5.10. The Bertz CT molecular complexity index is 344. The van der Waals surface area contributed by atoms with E-state index in [0.717, 1.165) is 65.0 Å². The highest BCUT2D eigenvalue weighted by Crippen LogP contribution is 2.22. The van der Waals surface area contributed by atoms with Gasteiger partial charge in [0, 0.05) is 32.6 Å². The molecule has 126 valence electrons. The summed E-state index contributed by atoms with van der Waals surface area (Å²) < 4.78 is 0. The highest BCUT2D eigenvalue weighted by atomic mass is 16.2. The van der Waals surface area contributed by atoms with E-state index < -0.39 is 0 Å². The van der Waals surface area contributed by atoms with Gasteiger partial charge in [-0.2, -0.15) is 0 Å². The van der Waals surface area contributed by atoms with Crippen LogP contribution in [0.1, 0.15) is 46.0 Å². The summed E-state index contributed by atoms with van der Waals surface area (Å²) in [6.07, 6.45) is 5.13. The molecule has 0 aromatic carbocycles. The van der Waals surface area contributed by atoms with Crippen molar-refractivity contribution in [3.63, 3.8) is 0 Å². The van der Waals surface area contributed by atoms with Crippen LogP contribution >= 0.6 is 0 Å². The number of likely N-dealkylation sites (N-methyl/N-ethyl adjacent to an activating group) is 1. The van der Waals surface area contributed by atoms with E-state index in [4.69, 9.17) is 0 Å². The SMILES string of the molecule is CCN(CC)C(=O)CN1CCC(CC(=O)N2CCCC2)CC1. The molecule has 0 saturated carbocycles. The van der Waals surface area contributed by atoms with Gasteiger partial charge in [-0.15, -0.1) is 0 Å². The molecule has 2 aliphatic heterocycles. The van der Waals surface area contributed by atoms with Crippen LogP contribution < -0.4 is 0 Å². The lowest BCUT2D eigenvalue weighted by Gasteiger charge is -2.33. The summed E-state index contributed by atoms with van der Waals surface area (Å²) in [5, 5.41) is 0. The average molecular weight is 309 g/mol. The summed E-state index contributed by atoms with van der Waals surface area (Å²) >= 11 is 0. The number of rotatable bonds is 6. The largest absolute Gasteiger partial charge is 0.343 e. The average Bonchev–Trinajstić information content (AvgIpc) is 3.05. The Morgan fingerprint density at radius 2 is 1.59 bits per heavy atom. The van der Waals surface area contributed by atoms with Crippen molar-refractivity contribution < 1.29 is 9.59 Å². The van der Waals surface area contributed by atoms with Gasteiger partial charge >= 0.3 is 0 Å². The number of piperidine rings is 1. The van der Waals surface area contributed by atoms with Gasteiger partial charge < -0.3 is 9.80 Å². The van der Waals surface area contributed by atoms with Crippen LogP contribution in [0.25, 0.3) is 0 Å². The van der Waals surface area contributed by atoms with Crippen molar-refractivity contribution >= 4 is 11.8 Å². The van der Waals surface area contributed by atoms with Crippen LogP contribution in [0.5, 0.6) is 0 Å². The molecule has 2 fully saturated rings. The Balaban J connectivity index is 1.69. The van der Waals surface area contributed by atoms with Crippen molar-refractivity contribution in [3.05, 3.63) is 0 Å². The first kappa shape index (κ1) is 17.3. The standard InChI is InChI=1S/C17H31N3O2/c1-3-19(4-2)17(22)14-18-11-7-15(8-12-18)13-16(21)20-9-5-6-10-20/h15H,3-14H2,1-2H3. The lowest BCUT2D eigenvalue weighted by Crippen LogP contribution is -2.43. The number of amides is 2. The minimum atomic E-state index is 0.233. The first-order chi connectivity index (χ1) is 10.6. The molecule has 0 aromatic rings. The van der Waals surface area contributed by atoms with Gasteiger partial charge in [0.05, 0.1) is 6.54 Å². The molecular weight excluding hydrogens is 278 g/mol. The summed E-state index contributed by atoms with van der Waals surface area (Å²) in [4.78, 5) is 30.5. The molecule has 2 saturated heterocycles. The van der Waals surface area contributed by atoms with Crippen LogP contribution in [-0.4, -0.2) is 72.3 Å². The van der Waals surface area contributed by atoms with Crippen molar-refractivity contribution in [1.82, 2.24) is 14.7 Å². The fraction of sp³-hybridized carbons (Fsp3) is 0.882. The van der Waals surface area contributed by atoms with Crippen molar-refractivity contribution in [1.29, 1.82) is 0 Å². The van der Waals surface area contributed by atoms with Crippen LogP contribution in [0.2, 0.25) is 0 Å². The van der Waals surface area contributed by atoms with Crippen molar-refractivity contribution in [2.75, 3.05) is 45.8 Å². The Labute approximate surface area is 134 Å². The Kier molecular flexibility index (Phi) is 6.68. The number of carbonyl (C=O) groups is 2. The highest BCUT2D eigenvalue weighted by Gasteiger charge is 2.26. The molecule has 22 heavy (non-hydrogen) atoms. The molecule has 0 aliphatic carbocycles. The predicted molar refractivity (Wildman–Crippen MR) is 87.5 cm³/mol. The summed E-state index contributed by atoms with van der Waals surface area (Å²) in [6, 6.07) is 0. The van der Waals surface area contributed by atoms with E-state index in [1.165, 1.54) is 0 Å². The Morgan fingerprint density at radius 1 is 1.00 bits per heavy atom. The van der Waals surface area contributed by atoms with Crippen LogP contribution in [0.3, 0.4) is 0 Å². The summed E-state index contributed by atoms with van der Waals surface area (Å²) in [6.45, 7) is 9.97. The van der Waals surface area contributed by atoms with E-state index >= 15 is 0 Å². The maximum absolute atomic E-state index is 12.2. The van der Waals surface area contributed by atoms with Gasteiger partial charge in [-0.05, 0) is 58.5 Å². The van der Waals surface area contributed by atoms with Gasteiger partial charge in [0.25, 0.3) is 0 Å². The predicted octanol–water partition coefficient (Wildman–Crippen LogP) is 1.58. The van der Waals surface area contributed by atoms with E-state index in [0.29, 0.717) is 24.8 Å². The molecule has 5 heteroatoms. The fourth-order valence-corrected chi connectivity index (χ4v) is 3.56. The molecule has 0 radical (unpaired) electrons. The normalized spacial score (nSPS) is 20.4.